The van der Waals surface area contributed by atoms with Gasteiger partial charge in [-0.05, 0) is 141 Å². The lowest BCUT2D eigenvalue weighted by atomic mass is 10.0. The second-order valence-electron chi connectivity index (χ2n) is 12.3. The molecule has 0 unspecified atom stereocenters. The van der Waals surface area contributed by atoms with Crippen LogP contribution in [-0.4, -0.2) is 7.05 Å². The number of benzene rings is 6. The highest BCUT2D eigenvalue weighted by molar-refractivity contribution is 6.08. The lowest BCUT2D eigenvalue weighted by Gasteiger charge is -2.26. The molecule has 0 saturated carbocycles. The Labute approximate surface area is 266 Å². The van der Waals surface area contributed by atoms with Crippen molar-refractivity contribution in [2.45, 2.75) is 34.6 Å². The second-order valence-corrected chi connectivity index (χ2v) is 12.3. The van der Waals surface area contributed by atoms with Crippen molar-refractivity contribution in [1.82, 2.24) is 0 Å². The van der Waals surface area contributed by atoms with Gasteiger partial charge in [-0.1, -0.05) is 54.1 Å². The maximum Gasteiger partial charge on any atom is 0.135 e. The van der Waals surface area contributed by atoms with Crippen molar-refractivity contribution in [1.29, 1.82) is 0 Å². The maximum absolute atomic E-state index is 6.34. The highest BCUT2D eigenvalue weighted by Gasteiger charge is 2.17. The van der Waals surface area contributed by atoms with E-state index < -0.39 is 0 Å². The molecular weight excluding hydrogens is 548 g/mol. The minimum atomic E-state index is 0.884. The zero-order valence-electron chi connectivity index (χ0n) is 26.8. The summed E-state index contributed by atoms with van der Waals surface area (Å²) in [5.74, 6) is 0. The van der Waals surface area contributed by atoms with Crippen molar-refractivity contribution in [3.8, 4) is 11.1 Å². The van der Waals surface area contributed by atoms with Gasteiger partial charge in [-0.3, -0.25) is 0 Å². The van der Waals surface area contributed by atoms with Crippen molar-refractivity contribution < 1.29 is 4.42 Å². The molecule has 1 aromatic heterocycles. The first-order valence-electron chi connectivity index (χ1n) is 15.6. The third-order valence-electron chi connectivity index (χ3n) is 9.22. The van der Waals surface area contributed by atoms with Crippen LogP contribution in [0.4, 0.5) is 28.4 Å². The smallest absolute Gasteiger partial charge is 0.135 e. The van der Waals surface area contributed by atoms with Crippen LogP contribution in [0, 0.1) is 34.6 Å². The Morgan fingerprint density at radius 3 is 1.42 bits per heavy atom. The van der Waals surface area contributed by atoms with E-state index in [9.17, 15) is 0 Å². The normalized spacial score (nSPS) is 11.3. The zero-order chi connectivity index (χ0) is 31.2. The van der Waals surface area contributed by atoms with Crippen LogP contribution in [0.25, 0.3) is 33.1 Å². The van der Waals surface area contributed by atoms with Gasteiger partial charge in [0.15, 0.2) is 0 Å². The quantitative estimate of drug-likeness (QED) is 0.193. The van der Waals surface area contributed by atoms with Crippen molar-refractivity contribution >= 4 is 50.4 Å². The summed E-state index contributed by atoms with van der Waals surface area (Å²) in [7, 11) is 2.13. The molecule has 0 fully saturated rings. The van der Waals surface area contributed by atoms with Crippen molar-refractivity contribution in [2.24, 2.45) is 0 Å². The van der Waals surface area contributed by atoms with Crippen LogP contribution in [0.5, 0.6) is 0 Å². The number of hydrogen-bond acceptors (Lipinski definition) is 3. The predicted octanol–water partition coefficient (Wildman–Crippen LogP) is 12.0. The fraction of sp³-hybridized carbons (Fsp3) is 0.143. The van der Waals surface area contributed by atoms with Gasteiger partial charge in [0, 0.05) is 46.3 Å². The molecule has 45 heavy (non-hydrogen) atoms. The van der Waals surface area contributed by atoms with Gasteiger partial charge >= 0.3 is 0 Å². The van der Waals surface area contributed by atoms with Crippen LogP contribution in [0.15, 0.2) is 126 Å². The van der Waals surface area contributed by atoms with Crippen LogP contribution in [-0.2, 0) is 0 Å². The highest BCUT2D eigenvalue weighted by Crippen LogP contribution is 2.41. The third-order valence-corrected chi connectivity index (χ3v) is 9.22. The lowest BCUT2D eigenvalue weighted by Crippen LogP contribution is -2.10. The Bertz CT molecular complexity index is 2170. The van der Waals surface area contributed by atoms with Crippen molar-refractivity contribution in [3.05, 3.63) is 149 Å². The summed E-state index contributed by atoms with van der Waals surface area (Å²) in [6.45, 7) is 10.8. The van der Waals surface area contributed by atoms with E-state index in [2.05, 4.69) is 173 Å². The maximum atomic E-state index is 6.34. The summed E-state index contributed by atoms with van der Waals surface area (Å²) in [4.78, 5) is 4.58. The van der Waals surface area contributed by atoms with Crippen molar-refractivity contribution in [2.75, 3.05) is 16.8 Å². The van der Waals surface area contributed by atoms with E-state index in [0.29, 0.717) is 0 Å². The molecule has 222 valence electrons. The molecule has 7 rings (SSSR count). The summed E-state index contributed by atoms with van der Waals surface area (Å²) in [5.41, 5.74) is 16.2. The van der Waals surface area contributed by atoms with Gasteiger partial charge in [0.1, 0.15) is 11.2 Å². The number of hydrogen-bond donors (Lipinski definition) is 0. The molecule has 3 nitrogen and oxygen atoms in total. The Morgan fingerprint density at radius 2 is 0.822 bits per heavy atom. The van der Waals surface area contributed by atoms with E-state index >= 15 is 0 Å². The molecule has 3 heteroatoms. The third kappa shape index (κ3) is 5.36. The molecule has 0 bridgehead atoms. The molecule has 1 heterocycles. The van der Waals surface area contributed by atoms with Gasteiger partial charge in [-0.25, -0.2) is 0 Å². The molecule has 0 aliphatic rings. The van der Waals surface area contributed by atoms with E-state index in [1.54, 1.807) is 0 Å². The van der Waals surface area contributed by atoms with E-state index in [1.165, 1.54) is 44.6 Å². The molecule has 0 radical (unpaired) electrons. The number of nitrogens with zero attached hydrogens (tertiary/aromatic N) is 2. The van der Waals surface area contributed by atoms with Crippen LogP contribution in [0.2, 0.25) is 0 Å². The first-order chi connectivity index (χ1) is 21.7. The standard InChI is InChI=1S/C42H38N2O/c1-27-7-11-32(12-8-27)33-13-17-34(18-14-33)44(37-16-10-29(3)31(5)24-37)38-20-22-42-40(26-38)39-25-36(19-21-41(39)45-42)43(6)35-15-9-28(2)30(4)23-35/h7-26H,1-6H3. The number of fused-ring (bicyclic) bond motifs is 3. The van der Waals surface area contributed by atoms with Crippen molar-refractivity contribution in [3.63, 3.8) is 0 Å². The van der Waals surface area contributed by atoms with Gasteiger partial charge in [0.2, 0.25) is 0 Å². The van der Waals surface area contributed by atoms with E-state index in [-0.39, 0.29) is 0 Å². The summed E-state index contributed by atoms with van der Waals surface area (Å²) in [5, 5.41) is 2.21. The average Bonchev–Trinajstić information content (AvgIpc) is 3.42. The Morgan fingerprint density at radius 1 is 0.400 bits per heavy atom. The van der Waals surface area contributed by atoms with Gasteiger partial charge in [-0.15, -0.1) is 0 Å². The number of anilines is 5. The van der Waals surface area contributed by atoms with E-state index in [0.717, 1.165) is 44.7 Å². The molecule has 7 aromatic rings. The fourth-order valence-electron chi connectivity index (χ4n) is 6.05. The SMILES string of the molecule is Cc1ccc(-c2ccc(N(c3ccc(C)c(C)c3)c3ccc4oc5ccc(N(C)c6ccc(C)c(C)c6)cc5c4c3)cc2)cc1. The minimum Gasteiger partial charge on any atom is -0.456 e. The highest BCUT2D eigenvalue weighted by atomic mass is 16.3. The fourth-order valence-corrected chi connectivity index (χ4v) is 6.05. The molecule has 0 aliphatic carbocycles. The number of rotatable bonds is 6. The summed E-state index contributed by atoms with van der Waals surface area (Å²) < 4.78 is 6.34. The van der Waals surface area contributed by atoms with Gasteiger partial charge < -0.3 is 14.2 Å². The second kappa shape index (κ2) is 11.3. The summed E-state index contributed by atoms with van der Waals surface area (Å²) in [6, 6.07) is 43.9. The van der Waals surface area contributed by atoms with Crippen LogP contribution in [0.3, 0.4) is 0 Å². The molecule has 0 N–H and O–H groups in total. The molecule has 0 aliphatic heterocycles. The van der Waals surface area contributed by atoms with Gasteiger partial charge in [-0.2, -0.15) is 0 Å². The molecule has 0 saturated heterocycles. The Kier molecular flexibility index (Phi) is 7.17. The summed E-state index contributed by atoms with van der Waals surface area (Å²) in [6.07, 6.45) is 0. The Balaban J connectivity index is 1.33. The zero-order valence-corrected chi connectivity index (χ0v) is 26.8. The number of aryl methyl sites for hydroxylation is 5. The molecule has 6 aromatic carbocycles. The lowest BCUT2D eigenvalue weighted by molar-refractivity contribution is 0.669. The van der Waals surface area contributed by atoms with E-state index in [1.807, 2.05) is 0 Å². The largest absolute Gasteiger partial charge is 0.456 e. The molecule has 0 atom stereocenters. The topological polar surface area (TPSA) is 19.6 Å². The average molecular weight is 587 g/mol. The molecular formula is C42H38N2O. The summed E-state index contributed by atoms with van der Waals surface area (Å²) >= 11 is 0. The van der Waals surface area contributed by atoms with Gasteiger partial charge in [0.25, 0.3) is 0 Å². The minimum absolute atomic E-state index is 0.884. The van der Waals surface area contributed by atoms with Crippen LogP contribution < -0.4 is 9.80 Å². The predicted molar refractivity (Wildman–Crippen MR) is 192 cm³/mol. The van der Waals surface area contributed by atoms with Crippen LogP contribution in [0.1, 0.15) is 27.8 Å². The molecule has 0 spiro atoms. The first-order valence-corrected chi connectivity index (χ1v) is 15.6. The number of furan rings is 1. The monoisotopic (exact) mass is 586 g/mol. The molecule has 0 amide bonds. The van der Waals surface area contributed by atoms with Crippen LogP contribution >= 0.6 is 0 Å². The van der Waals surface area contributed by atoms with Gasteiger partial charge in [0.05, 0.1) is 0 Å². The Hall–Kier alpha value is -5.28. The van der Waals surface area contributed by atoms with E-state index in [4.69, 9.17) is 4.42 Å². The first kappa shape index (κ1) is 28.5.